The van der Waals surface area contributed by atoms with E-state index >= 15 is 0 Å². The molecule has 26 heavy (non-hydrogen) atoms. The first-order chi connectivity index (χ1) is 11.7. The van der Waals surface area contributed by atoms with Crippen molar-refractivity contribution in [2.75, 3.05) is 13.1 Å². The first kappa shape index (κ1) is 21.0. The van der Waals surface area contributed by atoms with Crippen LogP contribution < -0.4 is 9.74 Å². The molecule has 1 aliphatic heterocycles. The summed E-state index contributed by atoms with van der Waals surface area (Å²) in [5.41, 5.74) is 5.36. The predicted octanol–water partition coefficient (Wildman–Crippen LogP) is 5.53. The van der Waals surface area contributed by atoms with Crippen LogP contribution in [0.5, 0.6) is 5.75 Å². The van der Waals surface area contributed by atoms with Crippen molar-refractivity contribution in [3.05, 3.63) is 28.3 Å². The van der Waals surface area contributed by atoms with Gasteiger partial charge in [-0.2, -0.15) is 0 Å². The summed E-state index contributed by atoms with van der Waals surface area (Å²) in [6.07, 6.45) is 0.871. The molecule has 0 saturated heterocycles. The molecule has 0 aliphatic carbocycles. The molecule has 2 rings (SSSR count). The van der Waals surface area contributed by atoms with Gasteiger partial charge in [-0.3, -0.25) is 4.99 Å². The molecule has 0 atom stereocenters. The largest absolute Gasteiger partial charge is 0.543 e. The standard InChI is InChI=1S/C22H38N2OSi/c1-15-13-18(21(3,4)5)20(25-26(9,10)22(6,7)8)16(2)17(15)14-19-23-11-12-24-19/h13H,11-12,14H2,1-10H3,(H,23,24). The van der Waals surface area contributed by atoms with Gasteiger partial charge >= 0.3 is 0 Å². The van der Waals surface area contributed by atoms with Crippen molar-refractivity contribution in [1.29, 1.82) is 0 Å². The van der Waals surface area contributed by atoms with Gasteiger partial charge in [-0.15, -0.1) is 0 Å². The van der Waals surface area contributed by atoms with E-state index in [1.165, 1.54) is 22.3 Å². The summed E-state index contributed by atoms with van der Waals surface area (Å²) in [7, 11) is -1.92. The Labute approximate surface area is 161 Å². The number of aliphatic imine (C=N–C) groups is 1. The minimum absolute atomic E-state index is 0.0505. The number of nitrogens with one attached hydrogen (secondary N) is 1. The third-order valence-electron chi connectivity index (χ3n) is 5.93. The smallest absolute Gasteiger partial charge is 0.250 e. The minimum Gasteiger partial charge on any atom is -0.543 e. The topological polar surface area (TPSA) is 33.6 Å². The van der Waals surface area contributed by atoms with E-state index < -0.39 is 8.32 Å². The summed E-state index contributed by atoms with van der Waals surface area (Å²) >= 11 is 0. The van der Waals surface area contributed by atoms with Crippen LogP contribution in [0.1, 0.15) is 63.8 Å². The summed E-state index contributed by atoms with van der Waals surface area (Å²) in [4.78, 5) is 4.60. The first-order valence-corrected chi connectivity index (χ1v) is 12.7. The summed E-state index contributed by atoms with van der Waals surface area (Å²) in [5.74, 6) is 2.22. The maximum Gasteiger partial charge on any atom is 0.250 e. The van der Waals surface area contributed by atoms with Crippen LogP contribution in [0.2, 0.25) is 18.1 Å². The zero-order valence-corrected chi connectivity index (χ0v) is 19.6. The highest BCUT2D eigenvalue weighted by atomic mass is 28.4. The van der Waals surface area contributed by atoms with Crippen LogP contribution in [0.4, 0.5) is 0 Å². The van der Waals surface area contributed by atoms with Gasteiger partial charge in [0.25, 0.3) is 8.32 Å². The van der Waals surface area contributed by atoms with Crippen molar-refractivity contribution < 1.29 is 4.43 Å². The molecule has 1 aromatic carbocycles. The SMILES string of the molecule is Cc1cc(C(C)(C)C)c(O[Si](C)(C)C(C)(C)C)c(C)c1CC1=NCCN1. The molecule has 1 aliphatic rings. The normalized spacial score (nSPS) is 15.7. The third kappa shape index (κ3) is 4.33. The van der Waals surface area contributed by atoms with E-state index in [0.717, 1.165) is 31.1 Å². The molecular formula is C22H38N2OSi. The van der Waals surface area contributed by atoms with E-state index in [-0.39, 0.29) is 10.5 Å². The van der Waals surface area contributed by atoms with Crippen LogP contribution >= 0.6 is 0 Å². The second kappa shape index (κ2) is 7.03. The molecule has 0 amide bonds. The van der Waals surface area contributed by atoms with Crippen LogP contribution in [0.15, 0.2) is 11.1 Å². The van der Waals surface area contributed by atoms with Gasteiger partial charge < -0.3 is 9.74 Å². The van der Waals surface area contributed by atoms with Crippen molar-refractivity contribution in [1.82, 2.24) is 5.32 Å². The van der Waals surface area contributed by atoms with Crippen molar-refractivity contribution in [2.24, 2.45) is 4.99 Å². The zero-order chi connectivity index (χ0) is 19.9. The molecule has 0 spiro atoms. The number of hydrogen-bond acceptors (Lipinski definition) is 3. The Morgan fingerprint density at radius 1 is 1.12 bits per heavy atom. The van der Waals surface area contributed by atoms with Gasteiger partial charge in [0, 0.05) is 13.0 Å². The monoisotopic (exact) mass is 374 g/mol. The van der Waals surface area contributed by atoms with Gasteiger partial charge in [0.2, 0.25) is 0 Å². The average Bonchev–Trinajstić information content (AvgIpc) is 2.96. The molecule has 3 nitrogen and oxygen atoms in total. The highest BCUT2D eigenvalue weighted by Crippen LogP contribution is 2.43. The van der Waals surface area contributed by atoms with E-state index in [4.69, 9.17) is 4.43 Å². The Balaban J connectivity index is 2.58. The van der Waals surface area contributed by atoms with Crippen LogP contribution in [-0.4, -0.2) is 27.2 Å². The van der Waals surface area contributed by atoms with E-state index in [0.29, 0.717) is 0 Å². The molecule has 0 bridgehead atoms. The lowest BCUT2D eigenvalue weighted by Gasteiger charge is -2.39. The Kier molecular flexibility index (Phi) is 5.68. The van der Waals surface area contributed by atoms with Gasteiger partial charge in [0.05, 0.1) is 6.54 Å². The predicted molar refractivity (Wildman–Crippen MR) is 116 cm³/mol. The first-order valence-electron chi connectivity index (χ1n) is 9.84. The number of nitrogens with zero attached hydrogens (tertiary/aromatic N) is 1. The van der Waals surface area contributed by atoms with Crippen LogP contribution in [0, 0.1) is 13.8 Å². The maximum absolute atomic E-state index is 6.89. The number of amidine groups is 1. The van der Waals surface area contributed by atoms with E-state index in [1.807, 2.05) is 0 Å². The van der Waals surface area contributed by atoms with E-state index in [1.54, 1.807) is 0 Å². The van der Waals surface area contributed by atoms with Gasteiger partial charge in [-0.25, -0.2) is 0 Å². The third-order valence-corrected chi connectivity index (χ3v) is 10.3. The summed E-state index contributed by atoms with van der Waals surface area (Å²) in [6.45, 7) is 24.7. The lowest BCUT2D eigenvalue weighted by Crippen LogP contribution is -2.44. The Morgan fingerprint density at radius 3 is 2.19 bits per heavy atom. The molecule has 0 saturated carbocycles. The molecule has 0 unspecified atom stereocenters. The fourth-order valence-corrected chi connectivity index (χ4v) is 4.19. The number of benzene rings is 1. The van der Waals surface area contributed by atoms with E-state index in [2.05, 4.69) is 84.9 Å². The molecule has 1 heterocycles. The van der Waals surface area contributed by atoms with Crippen molar-refractivity contribution >= 4 is 14.2 Å². The van der Waals surface area contributed by atoms with Gasteiger partial charge in [0.15, 0.2) is 0 Å². The van der Waals surface area contributed by atoms with Crippen molar-refractivity contribution in [2.45, 2.75) is 85.4 Å². The lowest BCUT2D eigenvalue weighted by atomic mass is 9.82. The van der Waals surface area contributed by atoms with Gasteiger partial charge in [-0.1, -0.05) is 47.6 Å². The second-order valence-electron chi connectivity index (χ2n) is 10.2. The minimum atomic E-state index is -1.92. The summed E-state index contributed by atoms with van der Waals surface area (Å²) in [5, 5.41) is 3.59. The maximum atomic E-state index is 6.89. The zero-order valence-electron chi connectivity index (χ0n) is 18.6. The Morgan fingerprint density at radius 2 is 1.73 bits per heavy atom. The van der Waals surface area contributed by atoms with Crippen LogP contribution in [0.3, 0.4) is 0 Å². The Bertz CT molecular complexity index is 706. The number of rotatable bonds is 4. The summed E-state index contributed by atoms with van der Waals surface area (Å²) in [6, 6.07) is 2.35. The van der Waals surface area contributed by atoms with Crippen LogP contribution in [-0.2, 0) is 11.8 Å². The average molecular weight is 375 g/mol. The molecule has 0 aromatic heterocycles. The highest BCUT2D eigenvalue weighted by Gasteiger charge is 2.40. The fourth-order valence-electron chi connectivity index (χ4n) is 3.11. The Hall–Kier alpha value is -1.29. The van der Waals surface area contributed by atoms with Crippen molar-refractivity contribution in [3.8, 4) is 5.75 Å². The quantitative estimate of drug-likeness (QED) is 0.703. The molecule has 0 fully saturated rings. The van der Waals surface area contributed by atoms with Crippen molar-refractivity contribution in [3.63, 3.8) is 0 Å². The molecule has 1 N–H and O–H groups in total. The molecule has 146 valence electrons. The molecule has 0 radical (unpaired) electrons. The fraction of sp³-hybridized carbons (Fsp3) is 0.682. The highest BCUT2D eigenvalue weighted by molar-refractivity contribution is 6.74. The number of aryl methyl sites for hydroxylation is 1. The second-order valence-corrected chi connectivity index (χ2v) is 14.9. The molecule has 1 aromatic rings. The van der Waals surface area contributed by atoms with Crippen LogP contribution in [0.25, 0.3) is 0 Å². The van der Waals surface area contributed by atoms with Gasteiger partial charge in [-0.05, 0) is 59.6 Å². The summed E-state index contributed by atoms with van der Waals surface area (Å²) < 4.78 is 6.89. The van der Waals surface area contributed by atoms with Gasteiger partial charge in [0.1, 0.15) is 11.6 Å². The molecule has 4 heteroatoms. The van der Waals surface area contributed by atoms with E-state index in [9.17, 15) is 0 Å². The lowest BCUT2D eigenvalue weighted by molar-refractivity contribution is 0.464. The molecular weight excluding hydrogens is 336 g/mol. The number of hydrogen-bond donors (Lipinski definition) is 1.